The topological polar surface area (TPSA) is 58.7 Å². The summed E-state index contributed by atoms with van der Waals surface area (Å²) in [5.74, 6) is -0.405. The first-order valence-electron chi connectivity index (χ1n) is 8.72. The van der Waals surface area contributed by atoms with Gasteiger partial charge in [-0.3, -0.25) is 9.69 Å². The van der Waals surface area contributed by atoms with E-state index < -0.39 is 11.0 Å². The highest BCUT2D eigenvalue weighted by Crippen LogP contribution is 2.47. The number of amides is 1. The third-order valence-corrected chi connectivity index (χ3v) is 5.46. The summed E-state index contributed by atoms with van der Waals surface area (Å²) in [7, 11) is 1.60. The molecule has 4 nitrogen and oxygen atoms in total. The van der Waals surface area contributed by atoms with Crippen LogP contribution in [0.5, 0.6) is 0 Å². The summed E-state index contributed by atoms with van der Waals surface area (Å²) < 4.78 is 14.7. The minimum absolute atomic E-state index is 0.117. The molecule has 1 aromatic rings. The van der Waals surface area contributed by atoms with E-state index in [9.17, 15) is 9.18 Å². The molecule has 0 aromatic heterocycles. The van der Waals surface area contributed by atoms with Crippen molar-refractivity contribution in [2.45, 2.75) is 59.9 Å². The fraction of sp³-hybridized carbons (Fsp3) is 0.600. The first-order valence-corrected chi connectivity index (χ1v) is 8.72. The number of nitrogens with zero attached hydrogens (tertiary/aromatic N) is 2. The smallest absolute Gasteiger partial charge is 0.237 e. The van der Waals surface area contributed by atoms with Gasteiger partial charge in [-0.05, 0) is 50.7 Å². The minimum Gasteiger partial charge on any atom is -0.369 e. The molecule has 1 atom stereocenters. The maximum absolute atomic E-state index is 14.7. The summed E-state index contributed by atoms with van der Waals surface area (Å²) in [5.41, 5.74) is 5.65. The van der Waals surface area contributed by atoms with Gasteiger partial charge in [0.15, 0.2) is 5.96 Å². The number of hydrogen-bond donors (Lipinski definition) is 1. The lowest BCUT2D eigenvalue weighted by molar-refractivity contribution is -0.140. The van der Waals surface area contributed by atoms with Gasteiger partial charge >= 0.3 is 0 Å². The van der Waals surface area contributed by atoms with E-state index in [0.717, 1.165) is 18.4 Å². The van der Waals surface area contributed by atoms with Crippen LogP contribution < -0.4 is 5.73 Å². The molecule has 0 radical (unpaired) electrons. The van der Waals surface area contributed by atoms with Crippen molar-refractivity contribution < 1.29 is 9.18 Å². The third-order valence-electron chi connectivity index (χ3n) is 5.46. The number of hydrogen-bond acceptors (Lipinski definition) is 3. The summed E-state index contributed by atoms with van der Waals surface area (Å²) in [6.45, 7) is 11.9. The molecule has 1 amide bonds. The van der Waals surface area contributed by atoms with Gasteiger partial charge in [-0.2, -0.15) is 0 Å². The van der Waals surface area contributed by atoms with E-state index in [1.807, 2.05) is 12.1 Å². The SMILES string of the molecule is CN1C(=O)C(C)(C)[C@@](C)(c2cc(CCC(C)(C)C)ccc2F)N=C1N. The Morgan fingerprint density at radius 3 is 2.40 bits per heavy atom. The fourth-order valence-electron chi connectivity index (χ4n) is 3.19. The van der Waals surface area contributed by atoms with Gasteiger partial charge in [-0.15, -0.1) is 0 Å². The second-order valence-electron chi connectivity index (χ2n) is 8.91. The van der Waals surface area contributed by atoms with Crippen LogP contribution in [0.1, 0.15) is 59.1 Å². The Labute approximate surface area is 150 Å². The average molecular weight is 347 g/mol. The van der Waals surface area contributed by atoms with Crippen LogP contribution in [0.4, 0.5) is 4.39 Å². The maximum atomic E-state index is 14.7. The van der Waals surface area contributed by atoms with Gasteiger partial charge in [-0.1, -0.05) is 32.9 Å². The molecule has 1 aliphatic heterocycles. The maximum Gasteiger partial charge on any atom is 0.237 e. The van der Waals surface area contributed by atoms with E-state index in [1.165, 1.54) is 11.0 Å². The Bertz CT molecular complexity index is 718. The number of aryl methyl sites for hydroxylation is 1. The first-order chi connectivity index (χ1) is 11.3. The molecule has 0 aliphatic carbocycles. The van der Waals surface area contributed by atoms with Crippen LogP contribution in [-0.2, 0) is 16.8 Å². The zero-order valence-electron chi connectivity index (χ0n) is 16.4. The largest absolute Gasteiger partial charge is 0.369 e. The summed E-state index contributed by atoms with van der Waals surface area (Å²) in [6.07, 6.45) is 1.84. The van der Waals surface area contributed by atoms with Crippen molar-refractivity contribution in [1.29, 1.82) is 0 Å². The van der Waals surface area contributed by atoms with E-state index >= 15 is 0 Å². The Balaban J connectivity index is 2.54. The lowest BCUT2D eigenvalue weighted by Crippen LogP contribution is -2.58. The van der Waals surface area contributed by atoms with Crippen LogP contribution in [-0.4, -0.2) is 23.8 Å². The van der Waals surface area contributed by atoms with E-state index in [1.54, 1.807) is 27.8 Å². The Morgan fingerprint density at radius 2 is 1.84 bits per heavy atom. The van der Waals surface area contributed by atoms with E-state index in [2.05, 4.69) is 25.8 Å². The number of aliphatic imine (C=N–C) groups is 1. The van der Waals surface area contributed by atoms with Gasteiger partial charge in [0.2, 0.25) is 5.91 Å². The first kappa shape index (κ1) is 19.4. The van der Waals surface area contributed by atoms with Gasteiger partial charge in [0.1, 0.15) is 11.4 Å². The highest BCUT2D eigenvalue weighted by molar-refractivity contribution is 6.01. The monoisotopic (exact) mass is 347 g/mol. The third kappa shape index (κ3) is 3.42. The molecule has 25 heavy (non-hydrogen) atoms. The normalized spacial score (nSPS) is 23.6. The fourth-order valence-corrected chi connectivity index (χ4v) is 3.19. The van der Waals surface area contributed by atoms with Crippen LogP contribution in [0.15, 0.2) is 23.2 Å². The van der Waals surface area contributed by atoms with Crippen molar-refractivity contribution in [2.75, 3.05) is 7.05 Å². The van der Waals surface area contributed by atoms with Crippen molar-refractivity contribution in [2.24, 2.45) is 21.6 Å². The van der Waals surface area contributed by atoms with E-state index in [-0.39, 0.29) is 23.1 Å². The average Bonchev–Trinajstić information content (AvgIpc) is 2.50. The predicted molar refractivity (Wildman–Crippen MR) is 99.7 cm³/mol. The Morgan fingerprint density at radius 1 is 1.24 bits per heavy atom. The standard InChI is InChI=1S/C20H30FN3O/c1-18(2,3)11-10-13-8-9-15(21)14(12-13)20(6)19(4,5)16(25)24(7)17(22)23-20/h8-9,12H,10-11H2,1-7H3,(H2,22,23)/t20-/m1/s1. The Kier molecular flexibility index (Phi) is 4.75. The van der Waals surface area contributed by atoms with Crippen molar-refractivity contribution in [1.82, 2.24) is 4.90 Å². The molecule has 0 bridgehead atoms. The second-order valence-corrected chi connectivity index (χ2v) is 8.91. The predicted octanol–water partition coefficient (Wildman–Crippen LogP) is 3.83. The molecule has 0 spiro atoms. The minimum atomic E-state index is -1.05. The molecule has 0 fully saturated rings. The van der Waals surface area contributed by atoms with Gasteiger partial charge in [0.25, 0.3) is 0 Å². The zero-order chi connectivity index (χ0) is 19.2. The van der Waals surface area contributed by atoms with Crippen LogP contribution in [0.3, 0.4) is 0 Å². The lowest BCUT2D eigenvalue weighted by Gasteiger charge is -2.46. The summed E-state index contributed by atoms with van der Waals surface area (Å²) in [4.78, 5) is 18.6. The van der Waals surface area contributed by atoms with E-state index in [0.29, 0.717) is 5.56 Å². The second kappa shape index (κ2) is 6.11. The highest BCUT2D eigenvalue weighted by atomic mass is 19.1. The molecule has 5 heteroatoms. The number of carbonyl (C=O) groups excluding carboxylic acids is 1. The summed E-state index contributed by atoms with van der Waals surface area (Å²) in [5, 5.41) is 0. The van der Waals surface area contributed by atoms with Crippen molar-refractivity contribution >= 4 is 11.9 Å². The molecular formula is C20H30FN3O. The van der Waals surface area contributed by atoms with Crippen LogP contribution in [0, 0.1) is 16.6 Å². The number of guanidine groups is 1. The van der Waals surface area contributed by atoms with Crippen molar-refractivity contribution in [3.8, 4) is 0 Å². The van der Waals surface area contributed by atoms with Crippen LogP contribution in [0.25, 0.3) is 0 Å². The number of rotatable bonds is 3. The molecule has 1 aliphatic rings. The number of carbonyl (C=O) groups is 1. The lowest BCUT2D eigenvalue weighted by atomic mass is 9.67. The Hall–Kier alpha value is -1.91. The van der Waals surface area contributed by atoms with Gasteiger partial charge in [0.05, 0.1) is 5.41 Å². The number of benzene rings is 1. The highest BCUT2D eigenvalue weighted by Gasteiger charge is 2.53. The van der Waals surface area contributed by atoms with E-state index in [4.69, 9.17) is 5.73 Å². The summed E-state index contributed by atoms with van der Waals surface area (Å²) >= 11 is 0. The van der Waals surface area contributed by atoms with Crippen LogP contribution in [0.2, 0.25) is 0 Å². The molecule has 1 aromatic carbocycles. The molecular weight excluding hydrogens is 317 g/mol. The molecule has 0 saturated heterocycles. The molecule has 1 heterocycles. The molecule has 138 valence electrons. The van der Waals surface area contributed by atoms with Crippen molar-refractivity contribution in [3.63, 3.8) is 0 Å². The summed E-state index contributed by atoms with van der Waals surface area (Å²) in [6, 6.07) is 5.13. The number of halogens is 1. The molecule has 2 rings (SSSR count). The van der Waals surface area contributed by atoms with Gasteiger partial charge < -0.3 is 5.73 Å². The van der Waals surface area contributed by atoms with Crippen LogP contribution >= 0.6 is 0 Å². The quantitative estimate of drug-likeness (QED) is 0.903. The molecule has 0 saturated carbocycles. The zero-order valence-corrected chi connectivity index (χ0v) is 16.4. The van der Waals surface area contributed by atoms with Gasteiger partial charge in [0, 0.05) is 12.6 Å². The van der Waals surface area contributed by atoms with Gasteiger partial charge in [-0.25, -0.2) is 9.38 Å². The molecule has 2 N–H and O–H groups in total. The van der Waals surface area contributed by atoms with Crippen molar-refractivity contribution in [3.05, 3.63) is 35.1 Å². The number of nitrogens with two attached hydrogens (primary N) is 1. The molecule has 0 unspecified atom stereocenters.